The summed E-state index contributed by atoms with van der Waals surface area (Å²) in [6.45, 7) is 8.68. The van der Waals surface area contributed by atoms with E-state index in [2.05, 4.69) is 40.8 Å². The Morgan fingerprint density at radius 1 is 1.50 bits per heavy atom. The van der Waals surface area contributed by atoms with Gasteiger partial charge in [0.05, 0.1) is 6.10 Å². The minimum absolute atomic E-state index is 0. The number of guanidine groups is 1. The quantitative estimate of drug-likeness (QED) is 0.439. The SMILES string of the molecule is CN=C(NCCC1CCCO1)N1CCSC(C)(C)C1.I. The molecule has 0 aromatic heterocycles. The average molecular weight is 413 g/mol. The number of aliphatic imine (C=N–C) groups is 1. The smallest absolute Gasteiger partial charge is 0.193 e. The van der Waals surface area contributed by atoms with Gasteiger partial charge in [0.1, 0.15) is 0 Å². The van der Waals surface area contributed by atoms with Crippen LogP contribution in [0.25, 0.3) is 0 Å². The van der Waals surface area contributed by atoms with Crippen molar-refractivity contribution in [2.24, 2.45) is 4.99 Å². The first-order valence-corrected chi connectivity index (χ1v) is 8.30. The minimum Gasteiger partial charge on any atom is -0.378 e. The second kappa shape index (κ2) is 8.68. The second-order valence-corrected chi connectivity index (χ2v) is 7.73. The first-order chi connectivity index (χ1) is 9.11. The molecule has 0 bridgehead atoms. The highest BCUT2D eigenvalue weighted by Gasteiger charge is 2.28. The van der Waals surface area contributed by atoms with E-state index < -0.39 is 0 Å². The van der Waals surface area contributed by atoms with Crippen LogP contribution in [0.3, 0.4) is 0 Å². The Hall–Kier alpha value is 0.310. The highest BCUT2D eigenvalue weighted by Crippen LogP contribution is 2.29. The standard InChI is InChI=1S/C14H27N3OS.HI/c1-14(2)11-17(8-10-19-14)13(15-3)16-7-6-12-5-4-9-18-12;/h12H,4-11H2,1-3H3,(H,15,16);1H. The van der Waals surface area contributed by atoms with Gasteiger partial charge in [-0.05, 0) is 33.1 Å². The van der Waals surface area contributed by atoms with E-state index >= 15 is 0 Å². The van der Waals surface area contributed by atoms with Crippen molar-refractivity contribution in [1.82, 2.24) is 10.2 Å². The first kappa shape index (κ1) is 18.4. The topological polar surface area (TPSA) is 36.9 Å². The van der Waals surface area contributed by atoms with Crippen LogP contribution in [0.1, 0.15) is 33.1 Å². The van der Waals surface area contributed by atoms with Gasteiger partial charge in [0.2, 0.25) is 0 Å². The summed E-state index contributed by atoms with van der Waals surface area (Å²) in [7, 11) is 1.88. The molecule has 2 heterocycles. The Labute approximate surface area is 144 Å². The molecule has 1 N–H and O–H groups in total. The van der Waals surface area contributed by atoms with Crippen molar-refractivity contribution in [2.45, 2.75) is 44.0 Å². The Morgan fingerprint density at radius 3 is 2.90 bits per heavy atom. The molecule has 0 aliphatic carbocycles. The lowest BCUT2D eigenvalue weighted by Crippen LogP contribution is -2.51. The number of ether oxygens (including phenoxy) is 1. The highest BCUT2D eigenvalue weighted by atomic mass is 127. The summed E-state index contributed by atoms with van der Waals surface area (Å²) >= 11 is 2.05. The van der Waals surface area contributed by atoms with E-state index in [1.165, 1.54) is 18.6 Å². The number of nitrogens with one attached hydrogen (secondary N) is 1. The summed E-state index contributed by atoms with van der Waals surface area (Å²) in [6, 6.07) is 0. The number of halogens is 1. The molecule has 1 atom stereocenters. The van der Waals surface area contributed by atoms with Gasteiger partial charge in [-0.1, -0.05) is 0 Å². The Morgan fingerprint density at radius 2 is 2.30 bits per heavy atom. The molecule has 2 saturated heterocycles. The molecule has 1 unspecified atom stereocenters. The maximum atomic E-state index is 5.65. The largest absolute Gasteiger partial charge is 0.378 e. The zero-order chi connectivity index (χ0) is 13.7. The van der Waals surface area contributed by atoms with Gasteiger partial charge in [-0.2, -0.15) is 11.8 Å². The summed E-state index contributed by atoms with van der Waals surface area (Å²) in [5.74, 6) is 2.23. The van der Waals surface area contributed by atoms with Crippen LogP contribution in [0.4, 0.5) is 0 Å². The van der Waals surface area contributed by atoms with Crippen LogP contribution in [0, 0.1) is 0 Å². The zero-order valence-corrected chi connectivity index (χ0v) is 16.0. The molecular weight excluding hydrogens is 385 g/mol. The maximum absolute atomic E-state index is 5.65. The van der Waals surface area contributed by atoms with Crippen molar-refractivity contribution in [3.63, 3.8) is 0 Å². The van der Waals surface area contributed by atoms with Gasteiger partial charge in [0, 0.05) is 43.8 Å². The minimum atomic E-state index is 0. The molecule has 6 heteroatoms. The molecule has 0 aromatic carbocycles. The molecule has 0 aromatic rings. The number of thioether (sulfide) groups is 1. The fourth-order valence-corrected chi connectivity index (χ4v) is 3.86. The lowest BCUT2D eigenvalue weighted by atomic mass is 10.2. The summed E-state index contributed by atoms with van der Waals surface area (Å²) in [5, 5.41) is 3.49. The summed E-state index contributed by atoms with van der Waals surface area (Å²) in [4.78, 5) is 6.80. The van der Waals surface area contributed by atoms with E-state index in [4.69, 9.17) is 4.74 Å². The maximum Gasteiger partial charge on any atom is 0.193 e. The molecule has 20 heavy (non-hydrogen) atoms. The molecule has 0 saturated carbocycles. The predicted octanol–water partition coefficient (Wildman–Crippen LogP) is 2.58. The molecule has 0 radical (unpaired) electrons. The van der Waals surface area contributed by atoms with Gasteiger partial charge in [-0.15, -0.1) is 24.0 Å². The lowest BCUT2D eigenvalue weighted by Gasteiger charge is -2.39. The van der Waals surface area contributed by atoms with Crippen molar-refractivity contribution >= 4 is 41.7 Å². The number of rotatable bonds is 3. The summed E-state index contributed by atoms with van der Waals surface area (Å²) in [5.41, 5.74) is 0. The third kappa shape index (κ3) is 5.60. The molecule has 0 amide bonds. The first-order valence-electron chi connectivity index (χ1n) is 7.32. The van der Waals surface area contributed by atoms with Gasteiger partial charge in [0.25, 0.3) is 0 Å². The number of hydrogen-bond donors (Lipinski definition) is 1. The Bertz CT molecular complexity index is 320. The van der Waals surface area contributed by atoms with Crippen LogP contribution in [0.2, 0.25) is 0 Å². The highest BCUT2D eigenvalue weighted by molar-refractivity contribution is 14.0. The summed E-state index contributed by atoms with van der Waals surface area (Å²) < 4.78 is 5.97. The molecule has 2 fully saturated rings. The zero-order valence-electron chi connectivity index (χ0n) is 12.9. The predicted molar refractivity (Wildman–Crippen MR) is 98.5 cm³/mol. The van der Waals surface area contributed by atoms with E-state index in [-0.39, 0.29) is 24.0 Å². The van der Waals surface area contributed by atoms with Crippen molar-refractivity contribution in [2.75, 3.05) is 39.0 Å². The third-order valence-electron chi connectivity index (χ3n) is 3.71. The molecule has 0 spiro atoms. The molecule has 118 valence electrons. The van der Waals surface area contributed by atoms with Crippen molar-refractivity contribution in [3.8, 4) is 0 Å². The van der Waals surface area contributed by atoms with Gasteiger partial charge >= 0.3 is 0 Å². The molecule has 2 aliphatic heterocycles. The van der Waals surface area contributed by atoms with E-state index in [1.54, 1.807) is 0 Å². The van der Waals surface area contributed by atoms with Crippen LogP contribution in [-0.4, -0.2) is 60.8 Å². The number of nitrogens with zero attached hydrogens (tertiary/aromatic N) is 2. The fourth-order valence-electron chi connectivity index (χ4n) is 2.75. The van der Waals surface area contributed by atoms with Gasteiger partial charge < -0.3 is 15.0 Å². The van der Waals surface area contributed by atoms with E-state index in [9.17, 15) is 0 Å². The molecule has 4 nitrogen and oxygen atoms in total. The summed E-state index contributed by atoms with van der Waals surface area (Å²) in [6.07, 6.45) is 3.98. The van der Waals surface area contributed by atoms with E-state index in [0.29, 0.717) is 10.9 Å². The van der Waals surface area contributed by atoms with Crippen LogP contribution in [0.5, 0.6) is 0 Å². The van der Waals surface area contributed by atoms with Crippen LogP contribution < -0.4 is 5.32 Å². The Balaban J connectivity index is 0.00000200. The van der Waals surface area contributed by atoms with Crippen molar-refractivity contribution in [3.05, 3.63) is 0 Å². The normalized spacial score (nSPS) is 26.2. The van der Waals surface area contributed by atoms with E-state index in [0.717, 1.165) is 38.6 Å². The monoisotopic (exact) mass is 413 g/mol. The van der Waals surface area contributed by atoms with Gasteiger partial charge in [0.15, 0.2) is 5.96 Å². The molecular formula is C14H28IN3OS. The van der Waals surface area contributed by atoms with Gasteiger partial charge in [-0.3, -0.25) is 4.99 Å². The fraction of sp³-hybridized carbons (Fsp3) is 0.929. The van der Waals surface area contributed by atoms with Crippen molar-refractivity contribution in [1.29, 1.82) is 0 Å². The Kier molecular flexibility index (Phi) is 7.97. The average Bonchev–Trinajstić information content (AvgIpc) is 2.86. The molecule has 2 rings (SSSR count). The second-order valence-electron chi connectivity index (χ2n) is 5.93. The van der Waals surface area contributed by atoms with Crippen LogP contribution in [-0.2, 0) is 4.74 Å². The number of hydrogen-bond acceptors (Lipinski definition) is 3. The third-order valence-corrected chi connectivity index (χ3v) is 5.01. The van der Waals surface area contributed by atoms with Crippen molar-refractivity contribution < 1.29 is 4.74 Å². The van der Waals surface area contributed by atoms with Gasteiger partial charge in [-0.25, -0.2) is 0 Å². The van der Waals surface area contributed by atoms with Crippen LogP contribution >= 0.6 is 35.7 Å². The van der Waals surface area contributed by atoms with Crippen LogP contribution in [0.15, 0.2) is 4.99 Å². The van der Waals surface area contributed by atoms with E-state index in [1.807, 2.05) is 7.05 Å². The lowest BCUT2D eigenvalue weighted by molar-refractivity contribution is 0.105. The molecule has 2 aliphatic rings.